The highest BCUT2D eigenvalue weighted by molar-refractivity contribution is 5.83. The van der Waals surface area contributed by atoms with Crippen LogP contribution in [0, 0.1) is 5.92 Å². The summed E-state index contributed by atoms with van der Waals surface area (Å²) in [6, 6.07) is 12.0. The fraction of sp³-hybridized carbons (Fsp3) is 0.444. The van der Waals surface area contributed by atoms with Crippen molar-refractivity contribution >= 4 is 16.7 Å². The van der Waals surface area contributed by atoms with Crippen molar-refractivity contribution in [3.63, 3.8) is 0 Å². The van der Waals surface area contributed by atoms with Gasteiger partial charge in [0.25, 0.3) is 0 Å². The number of aromatic nitrogens is 1. The second kappa shape index (κ2) is 6.35. The van der Waals surface area contributed by atoms with Crippen molar-refractivity contribution in [2.75, 3.05) is 6.61 Å². The van der Waals surface area contributed by atoms with Crippen molar-refractivity contribution in [3.05, 3.63) is 42.1 Å². The number of pyridine rings is 1. The molecule has 0 N–H and O–H groups in total. The number of nitrogens with zero attached hydrogens (tertiary/aromatic N) is 1. The van der Waals surface area contributed by atoms with E-state index in [1.54, 1.807) is 0 Å². The molecule has 1 saturated carbocycles. The van der Waals surface area contributed by atoms with E-state index in [1.165, 1.54) is 0 Å². The first-order valence-corrected chi connectivity index (χ1v) is 7.72. The lowest BCUT2D eigenvalue weighted by atomic mass is 9.78. The molecule has 0 amide bonds. The molecule has 3 heteroatoms. The topological polar surface area (TPSA) is 39.2 Å². The third-order valence-corrected chi connectivity index (χ3v) is 4.15. The Hall–Kier alpha value is -1.74. The Bertz CT molecular complexity index is 632. The average molecular weight is 283 g/mol. The molecule has 0 aliphatic heterocycles. The van der Waals surface area contributed by atoms with E-state index in [9.17, 15) is 4.79 Å². The zero-order valence-electron chi connectivity index (χ0n) is 12.4. The van der Waals surface area contributed by atoms with E-state index in [-0.39, 0.29) is 5.78 Å². The third-order valence-electron chi connectivity index (χ3n) is 4.15. The molecule has 0 atom stereocenters. The standard InChI is InChI=1S/C18H21NO2/c1-2-21-17-10-13(11-17)9-16(20)12-15-8-7-14-5-3-4-6-18(14)19-15/h3-8,13,17H,2,9-12H2,1H3. The number of ketones is 1. The molecule has 0 bridgehead atoms. The van der Waals surface area contributed by atoms with Crippen LogP contribution in [0.15, 0.2) is 36.4 Å². The van der Waals surface area contributed by atoms with Crippen LogP contribution in [0.2, 0.25) is 0 Å². The minimum atomic E-state index is 0.290. The third kappa shape index (κ3) is 3.48. The summed E-state index contributed by atoms with van der Waals surface area (Å²) < 4.78 is 5.53. The van der Waals surface area contributed by atoms with Crippen LogP contribution in [0.3, 0.4) is 0 Å². The van der Waals surface area contributed by atoms with E-state index < -0.39 is 0 Å². The summed E-state index contributed by atoms with van der Waals surface area (Å²) in [6.45, 7) is 2.79. The van der Waals surface area contributed by atoms with Crippen molar-refractivity contribution in [1.82, 2.24) is 4.98 Å². The van der Waals surface area contributed by atoms with Crippen LogP contribution in [0.5, 0.6) is 0 Å². The van der Waals surface area contributed by atoms with Gasteiger partial charge in [-0.2, -0.15) is 0 Å². The van der Waals surface area contributed by atoms with E-state index in [0.29, 0.717) is 24.9 Å². The second-order valence-corrected chi connectivity index (χ2v) is 5.83. The monoisotopic (exact) mass is 283 g/mol. The van der Waals surface area contributed by atoms with Crippen molar-refractivity contribution in [1.29, 1.82) is 0 Å². The van der Waals surface area contributed by atoms with Gasteiger partial charge < -0.3 is 4.74 Å². The van der Waals surface area contributed by atoms with E-state index in [1.807, 2.05) is 43.3 Å². The summed E-state index contributed by atoms with van der Waals surface area (Å²) >= 11 is 0. The normalized spacial score (nSPS) is 21.2. The highest BCUT2D eigenvalue weighted by Crippen LogP contribution is 2.33. The van der Waals surface area contributed by atoms with Gasteiger partial charge in [-0.25, -0.2) is 0 Å². The van der Waals surface area contributed by atoms with Crippen LogP contribution in [0.4, 0.5) is 0 Å². The van der Waals surface area contributed by atoms with Gasteiger partial charge in [-0.3, -0.25) is 9.78 Å². The highest BCUT2D eigenvalue weighted by Gasteiger charge is 2.30. The molecule has 3 rings (SSSR count). The number of ether oxygens (including phenoxy) is 1. The van der Waals surface area contributed by atoms with Crippen LogP contribution >= 0.6 is 0 Å². The van der Waals surface area contributed by atoms with Gasteiger partial charge in [0.2, 0.25) is 0 Å². The molecule has 0 spiro atoms. The van der Waals surface area contributed by atoms with Crippen molar-refractivity contribution in [3.8, 4) is 0 Å². The molecule has 1 heterocycles. The van der Waals surface area contributed by atoms with Gasteiger partial charge in [0, 0.05) is 30.5 Å². The summed E-state index contributed by atoms with van der Waals surface area (Å²) in [6.07, 6.45) is 3.56. The van der Waals surface area contributed by atoms with Gasteiger partial charge in [0.1, 0.15) is 5.78 Å². The minimum absolute atomic E-state index is 0.290. The Labute approximate surface area is 125 Å². The molecule has 2 aromatic rings. The molecule has 0 saturated heterocycles. The van der Waals surface area contributed by atoms with Crippen LogP contribution in [0.1, 0.15) is 31.9 Å². The van der Waals surface area contributed by atoms with E-state index in [4.69, 9.17) is 4.74 Å². The SMILES string of the molecule is CCOC1CC(CC(=O)Cc2ccc3ccccc3n2)C1. The van der Waals surface area contributed by atoms with Crippen molar-refractivity contribution in [2.24, 2.45) is 5.92 Å². The molecular weight excluding hydrogens is 262 g/mol. The van der Waals surface area contributed by atoms with E-state index in [2.05, 4.69) is 4.98 Å². The fourth-order valence-electron chi connectivity index (χ4n) is 3.02. The quantitative estimate of drug-likeness (QED) is 0.814. The molecule has 110 valence electrons. The molecule has 1 fully saturated rings. The van der Waals surface area contributed by atoms with E-state index in [0.717, 1.165) is 36.0 Å². The van der Waals surface area contributed by atoms with Crippen molar-refractivity contribution in [2.45, 2.75) is 38.7 Å². The van der Waals surface area contributed by atoms with Crippen LogP contribution in [-0.4, -0.2) is 23.5 Å². The molecule has 1 aromatic heterocycles. The molecule has 21 heavy (non-hydrogen) atoms. The first-order chi connectivity index (χ1) is 10.2. The largest absolute Gasteiger partial charge is 0.378 e. The van der Waals surface area contributed by atoms with Gasteiger partial charge >= 0.3 is 0 Å². The predicted octanol–water partition coefficient (Wildman–Crippen LogP) is 3.55. The average Bonchev–Trinajstić information content (AvgIpc) is 2.45. The number of hydrogen-bond acceptors (Lipinski definition) is 3. The van der Waals surface area contributed by atoms with Gasteiger partial charge in [0.05, 0.1) is 11.6 Å². The van der Waals surface area contributed by atoms with Gasteiger partial charge in [-0.1, -0.05) is 24.3 Å². The fourth-order valence-corrected chi connectivity index (χ4v) is 3.02. The van der Waals surface area contributed by atoms with Crippen LogP contribution in [-0.2, 0) is 16.0 Å². The number of hydrogen-bond donors (Lipinski definition) is 0. The maximum absolute atomic E-state index is 12.1. The number of benzene rings is 1. The Kier molecular flexibility index (Phi) is 4.30. The number of para-hydroxylation sites is 1. The first kappa shape index (κ1) is 14.2. The maximum Gasteiger partial charge on any atom is 0.139 e. The summed E-state index contributed by atoms with van der Waals surface area (Å²) in [5.74, 6) is 0.798. The molecular formula is C18H21NO2. The zero-order chi connectivity index (χ0) is 14.7. The summed E-state index contributed by atoms with van der Waals surface area (Å²) in [4.78, 5) is 16.7. The number of carbonyl (C=O) groups excluding carboxylic acids is 1. The maximum atomic E-state index is 12.1. The lowest BCUT2D eigenvalue weighted by molar-refractivity contribution is -0.121. The first-order valence-electron chi connectivity index (χ1n) is 7.72. The van der Waals surface area contributed by atoms with Crippen LogP contribution in [0.25, 0.3) is 10.9 Å². The molecule has 1 aromatic carbocycles. The Morgan fingerprint density at radius 1 is 1.24 bits per heavy atom. The summed E-state index contributed by atoms with van der Waals surface area (Å²) in [5.41, 5.74) is 1.84. The molecule has 0 radical (unpaired) electrons. The van der Waals surface area contributed by atoms with Crippen LogP contribution < -0.4 is 0 Å². The number of fused-ring (bicyclic) bond motifs is 1. The molecule has 0 unspecified atom stereocenters. The molecule has 1 aliphatic rings. The minimum Gasteiger partial charge on any atom is -0.378 e. The smallest absolute Gasteiger partial charge is 0.139 e. The van der Waals surface area contributed by atoms with Gasteiger partial charge in [-0.05, 0) is 37.8 Å². The van der Waals surface area contributed by atoms with Gasteiger partial charge in [-0.15, -0.1) is 0 Å². The second-order valence-electron chi connectivity index (χ2n) is 5.83. The summed E-state index contributed by atoms with van der Waals surface area (Å²) in [7, 11) is 0. The number of rotatable bonds is 6. The molecule has 3 nitrogen and oxygen atoms in total. The summed E-state index contributed by atoms with van der Waals surface area (Å²) in [5, 5.41) is 1.12. The number of carbonyl (C=O) groups is 1. The zero-order valence-corrected chi connectivity index (χ0v) is 12.4. The predicted molar refractivity (Wildman–Crippen MR) is 83.2 cm³/mol. The number of Topliss-reactive ketones (excluding diaryl/α,β-unsaturated/α-hetero) is 1. The molecule has 1 aliphatic carbocycles. The van der Waals surface area contributed by atoms with E-state index >= 15 is 0 Å². The lowest BCUT2D eigenvalue weighted by Crippen LogP contribution is -2.33. The lowest BCUT2D eigenvalue weighted by Gasteiger charge is -2.34. The van der Waals surface area contributed by atoms with Crippen molar-refractivity contribution < 1.29 is 9.53 Å². The van der Waals surface area contributed by atoms with Gasteiger partial charge in [0.15, 0.2) is 0 Å². The Balaban J connectivity index is 1.54. The highest BCUT2D eigenvalue weighted by atomic mass is 16.5. The Morgan fingerprint density at radius 3 is 2.86 bits per heavy atom. The Morgan fingerprint density at radius 2 is 2.05 bits per heavy atom.